The third kappa shape index (κ3) is 3.39. The molecule has 130 valence electrons. The summed E-state index contributed by atoms with van der Waals surface area (Å²) in [6, 6.07) is 0.346. The van der Waals surface area contributed by atoms with E-state index in [-0.39, 0.29) is 11.8 Å². The Morgan fingerprint density at radius 1 is 0.957 bits per heavy atom. The van der Waals surface area contributed by atoms with Gasteiger partial charge in [-0.1, -0.05) is 12.8 Å². The van der Waals surface area contributed by atoms with Gasteiger partial charge in [0.15, 0.2) is 0 Å². The lowest BCUT2D eigenvalue weighted by atomic mass is 9.78. The fraction of sp³-hybridized carbons (Fsp3) is 0.889. The molecule has 5 heteroatoms. The van der Waals surface area contributed by atoms with Crippen molar-refractivity contribution < 1.29 is 14.7 Å². The van der Waals surface area contributed by atoms with Crippen LogP contribution in [0.5, 0.6) is 0 Å². The highest BCUT2D eigenvalue weighted by Crippen LogP contribution is 2.36. The molecule has 2 heterocycles. The summed E-state index contributed by atoms with van der Waals surface area (Å²) in [4.78, 5) is 28.3. The Morgan fingerprint density at radius 2 is 1.65 bits per heavy atom. The van der Waals surface area contributed by atoms with Crippen molar-refractivity contribution in [1.29, 1.82) is 0 Å². The number of hydrogen-bond donors (Lipinski definition) is 1. The molecule has 1 atom stereocenters. The molecule has 5 nitrogen and oxygen atoms in total. The van der Waals surface area contributed by atoms with Crippen molar-refractivity contribution in [3.63, 3.8) is 0 Å². The van der Waals surface area contributed by atoms with E-state index in [0.717, 1.165) is 51.7 Å². The lowest BCUT2D eigenvalue weighted by molar-refractivity contribution is -0.162. The molecule has 2 saturated heterocycles. The molecular weight excluding hydrogens is 292 g/mol. The van der Waals surface area contributed by atoms with Crippen LogP contribution >= 0.6 is 0 Å². The molecule has 3 aliphatic rings. The lowest BCUT2D eigenvalue weighted by Crippen LogP contribution is -2.56. The van der Waals surface area contributed by atoms with Gasteiger partial charge >= 0.3 is 0 Å². The zero-order valence-corrected chi connectivity index (χ0v) is 14.3. The van der Waals surface area contributed by atoms with E-state index in [0.29, 0.717) is 24.8 Å². The SMILES string of the molecule is CC(=O)N1CCCCCC1C1CCN(C(=O)C2(O)CCC2)CC1. The number of likely N-dealkylation sites (tertiary alicyclic amines) is 2. The van der Waals surface area contributed by atoms with E-state index < -0.39 is 5.60 Å². The van der Waals surface area contributed by atoms with Crippen LogP contribution in [0.2, 0.25) is 0 Å². The molecule has 1 saturated carbocycles. The molecule has 3 rings (SSSR count). The fourth-order valence-electron chi connectivity index (χ4n) is 4.52. The molecule has 2 amide bonds. The summed E-state index contributed by atoms with van der Waals surface area (Å²) in [5.74, 6) is 0.628. The minimum atomic E-state index is -1.07. The van der Waals surface area contributed by atoms with Crippen LogP contribution in [0.4, 0.5) is 0 Å². The molecule has 0 aromatic carbocycles. The third-order valence-corrected chi connectivity index (χ3v) is 6.15. The number of carbonyl (C=O) groups excluding carboxylic acids is 2. The molecule has 3 fully saturated rings. The third-order valence-electron chi connectivity index (χ3n) is 6.15. The highest BCUT2D eigenvalue weighted by molar-refractivity contribution is 5.86. The second kappa shape index (κ2) is 6.80. The maximum Gasteiger partial charge on any atom is 0.254 e. The Kier molecular flexibility index (Phi) is 4.95. The second-order valence-electron chi connectivity index (χ2n) is 7.64. The average molecular weight is 322 g/mol. The van der Waals surface area contributed by atoms with Crippen LogP contribution in [-0.2, 0) is 9.59 Å². The summed E-state index contributed by atoms with van der Waals surface area (Å²) in [5.41, 5.74) is -1.07. The van der Waals surface area contributed by atoms with Gasteiger partial charge in [-0.3, -0.25) is 9.59 Å². The van der Waals surface area contributed by atoms with Crippen LogP contribution < -0.4 is 0 Å². The van der Waals surface area contributed by atoms with Crippen LogP contribution in [0, 0.1) is 5.92 Å². The molecule has 0 bridgehead atoms. The molecular formula is C18H30N2O3. The van der Waals surface area contributed by atoms with Gasteiger partial charge in [0, 0.05) is 32.6 Å². The van der Waals surface area contributed by atoms with E-state index in [1.54, 1.807) is 6.92 Å². The zero-order chi connectivity index (χ0) is 16.4. The number of rotatable bonds is 2. The van der Waals surface area contributed by atoms with Crippen molar-refractivity contribution in [2.45, 2.75) is 76.4 Å². The minimum absolute atomic E-state index is 0.0634. The standard InChI is InChI=1S/C18H30N2O3/c1-14(21)20-11-4-2-3-6-16(20)15-7-12-19(13-8-15)17(22)18(23)9-5-10-18/h15-16,23H,2-13H2,1H3. The Balaban J connectivity index is 1.59. The quantitative estimate of drug-likeness (QED) is 0.845. The Morgan fingerprint density at radius 3 is 2.22 bits per heavy atom. The van der Waals surface area contributed by atoms with Gasteiger partial charge in [0.05, 0.1) is 0 Å². The van der Waals surface area contributed by atoms with Crippen molar-refractivity contribution in [2.24, 2.45) is 5.92 Å². The summed E-state index contributed by atoms with van der Waals surface area (Å²) in [5, 5.41) is 10.3. The highest BCUT2D eigenvalue weighted by Gasteiger charge is 2.45. The van der Waals surface area contributed by atoms with Crippen molar-refractivity contribution in [1.82, 2.24) is 9.80 Å². The molecule has 1 aliphatic carbocycles. The Labute approximate surface area is 139 Å². The maximum absolute atomic E-state index is 12.4. The van der Waals surface area contributed by atoms with Gasteiger partial charge in [0.2, 0.25) is 5.91 Å². The van der Waals surface area contributed by atoms with Gasteiger partial charge in [-0.25, -0.2) is 0 Å². The van der Waals surface area contributed by atoms with Crippen LogP contribution in [0.3, 0.4) is 0 Å². The normalized spacial score (nSPS) is 28.9. The van der Waals surface area contributed by atoms with E-state index in [9.17, 15) is 14.7 Å². The first-order valence-corrected chi connectivity index (χ1v) is 9.30. The summed E-state index contributed by atoms with van der Waals surface area (Å²) in [7, 11) is 0. The van der Waals surface area contributed by atoms with Crippen LogP contribution in [0.15, 0.2) is 0 Å². The molecule has 0 aromatic heterocycles. The van der Waals surface area contributed by atoms with Gasteiger partial charge in [-0.15, -0.1) is 0 Å². The number of aliphatic hydroxyl groups is 1. The van der Waals surface area contributed by atoms with E-state index >= 15 is 0 Å². The van der Waals surface area contributed by atoms with E-state index in [4.69, 9.17) is 0 Å². The number of nitrogens with zero attached hydrogens (tertiary/aromatic N) is 2. The zero-order valence-electron chi connectivity index (χ0n) is 14.3. The molecule has 0 radical (unpaired) electrons. The summed E-state index contributed by atoms with van der Waals surface area (Å²) >= 11 is 0. The monoisotopic (exact) mass is 322 g/mol. The number of hydrogen-bond acceptors (Lipinski definition) is 3. The van der Waals surface area contributed by atoms with Gasteiger partial charge in [0.1, 0.15) is 5.60 Å². The van der Waals surface area contributed by atoms with Crippen LogP contribution in [0.25, 0.3) is 0 Å². The van der Waals surface area contributed by atoms with Crippen molar-refractivity contribution in [2.75, 3.05) is 19.6 Å². The summed E-state index contributed by atoms with van der Waals surface area (Å²) in [6.07, 6.45) is 8.72. The molecule has 1 N–H and O–H groups in total. The number of amides is 2. The molecule has 2 aliphatic heterocycles. The van der Waals surface area contributed by atoms with Gasteiger partial charge in [-0.2, -0.15) is 0 Å². The highest BCUT2D eigenvalue weighted by atomic mass is 16.3. The van der Waals surface area contributed by atoms with Gasteiger partial charge < -0.3 is 14.9 Å². The largest absolute Gasteiger partial charge is 0.380 e. The summed E-state index contributed by atoms with van der Waals surface area (Å²) < 4.78 is 0. The predicted octanol–water partition coefficient (Wildman–Crippen LogP) is 1.93. The predicted molar refractivity (Wildman–Crippen MR) is 87.7 cm³/mol. The van der Waals surface area contributed by atoms with Gasteiger partial charge in [0.25, 0.3) is 5.91 Å². The smallest absolute Gasteiger partial charge is 0.254 e. The summed E-state index contributed by atoms with van der Waals surface area (Å²) in [6.45, 7) is 4.03. The number of piperidine rings is 1. The molecule has 23 heavy (non-hydrogen) atoms. The van der Waals surface area contributed by atoms with Gasteiger partial charge in [-0.05, 0) is 50.9 Å². The second-order valence-corrected chi connectivity index (χ2v) is 7.64. The van der Waals surface area contributed by atoms with E-state index in [1.807, 2.05) is 4.90 Å². The fourth-order valence-corrected chi connectivity index (χ4v) is 4.52. The topological polar surface area (TPSA) is 60.9 Å². The van der Waals surface area contributed by atoms with Crippen LogP contribution in [0.1, 0.15) is 64.7 Å². The molecule has 0 aromatic rings. The number of carbonyl (C=O) groups is 2. The maximum atomic E-state index is 12.4. The van der Waals surface area contributed by atoms with E-state index in [1.165, 1.54) is 12.8 Å². The van der Waals surface area contributed by atoms with Crippen molar-refractivity contribution in [3.05, 3.63) is 0 Å². The Hall–Kier alpha value is -1.10. The van der Waals surface area contributed by atoms with E-state index in [2.05, 4.69) is 4.90 Å². The Bertz CT molecular complexity index is 453. The van der Waals surface area contributed by atoms with Crippen molar-refractivity contribution in [3.8, 4) is 0 Å². The lowest BCUT2D eigenvalue weighted by Gasteiger charge is -2.44. The first kappa shape index (κ1) is 16.7. The molecule has 1 unspecified atom stereocenters. The average Bonchev–Trinajstić information content (AvgIpc) is 2.78. The first-order chi connectivity index (χ1) is 11.0. The molecule has 0 spiro atoms. The van der Waals surface area contributed by atoms with Crippen LogP contribution in [-0.4, -0.2) is 58.0 Å². The van der Waals surface area contributed by atoms with Crippen molar-refractivity contribution >= 4 is 11.8 Å². The minimum Gasteiger partial charge on any atom is -0.380 e. The first-order valence-electron chi connectivity index (χ1n) is 9.30.